The molecule has 1 atom stereocenters. The number of carbonyl (C=O) groups is 4. The van der Waals surface area contributed by atoms with Gasteiger partial charge >= 0.3 is 5.97 Å². The minimum atomic E-state index is -1.08. The standard InChI is InChI=1S/C23H20ClFN2O7S/c1-12(22(30)33-3)27-21(29)18(35-23(27)31)10-13-8-16(24)20(17(9-13)32-2)34-11-19(28)26-15-6-4-14(25)5-7-15/h4-10,12H,11H2,1-3H3,(H,26,28)/b18-10+/t12-/m0/s1. The molecule has 0 spiro atoms. The minimum Gasteiger partial charge on any atom is -0.493 e. The van der Waals surface area contributed by atoms with Crippen molar-refractivity contribution >= 4 is 58.1 Å². The van der Waals surface area contributed by atoms with E-state index < -0.39 is 41.5 Å². The molecule has 3 amide bonds. The van der Waals surface area contributed by atoms with E-state index in [1.807, 2.05) is 0 Å². The number of rotatable bonds is 8. The fourth-order valence-electron chi connectivity index (χ4n) is 3.07. The molecule has 0 aromatic heterocycles. The molecule has 1 saturated heterocycles. The topological polar surface area (TPSA) is 111 Å². The quantitative estimate of drug-likeness (QED) is 0.407. The average molecular weight is 523 g/mol. The maximum absolute atomic E-state index is 13.0. The number of amides is 3. The number of hydrogen-bond donors (Lipinski definition) is 1. The molecular formula is C23H20ClFN2O7S. The van der Waals surface area contributed by atoms with E-state index in [9.17, 15) is 23.6 Å². The molecule has 1 N–H and O–H groups in total. The van der Waals surface area contributed by atoms with Crippen LogP contribution in [0, 0.1) is 5.82 Å². The maximum atomic E-state index is 13.0. The van der Waals surface area contributed by atoms with E-state index in [-0.39, 0.29) is 21.4 Å². The van der Waals surface area contributed by atoms with Crippen LogP contribution in [0.1, 0.15) is 12.5 Å². The summed E-state index contributed by atoms with van der Waals surface area (Å²) >= 11 is 7.00. The number of halogens is 2. The first kappa shape index (κ1) is 26.0. The molecule has 2 aromatic carbocycles. The Morgan fingerprint density at radius 2 is 1.89 bits per heavy atom. The molecule has 2 aromatic rings. The van der Waals surface area contributed by atoms with Crippen LogP contribution in [0.3, 0.4) is 0 Å². The van der Waals surface area contributed by atoms with Crippen molar-refractivity contribution in [1.29, 1.82) is 0 Å². The fraction of sp³-hybridized carbons (Fsp3) is 0.217. The molecule has 184 valence electrons. The molecule has 3 rings (SSSR count). The summed E-state index contributed by atoms with van der Waals surface area (Å²) in [5, 5.41) is 2.04. The van der Waals surface area contributed by atoms with Crippen LogP contribution in [-0.4, -0.2) is 54.8 Å². The zero-order valence-corrected chi connectivity index (χ0v) is 20.4. The Labute approximate surface area is 209 Å². The van der Waals surface area contributed by atoms with Gasteiger partial charge in [0.05, 0.1) is 24.1 Å². The molecule has 1 aliphatic heterocycles. The van der Waals surface area contributed by atoms with Crippen molar-refractivity contribution in [2.45, 2.75) is 13.0 Å². The van der Waals surface area contributed by atoms with E-state index in [0.29, 0.717) is 23.0 Å². The first-order chi connectivity index (χ1) is 16.6. The van der Waals surface area contributed by atoms with Crippen LogP contribution in [0.25, 0.3) is 6.08 Å². The summed E-state index contributed by atoms with van der Waals surface area (Å²) < 4.78 is 28.4. The van der Waals surface area contributed by atoms with Gasteiger partial charge in [-0.15, -0.1) is 0 Å². The molecule has 0 unspecified atom stereocenters. The molecular weight excluding hydrogens is 503 g/mol. The molecule has 1 fully saturated rings. The smallest absolute Gasteiger partial charge is 0.328 e. The molecule has 12 heteroatoms. The van der Waals surface area contributed by atoms with Crippen LogP contribution in [-0.2, 0) is 19.1 Å². The van der Waals surface area contributed by atoms with Gasteiger partial charge < -0.3 is 19.5 Å². The number of ether oxygens (including phenoxy) is 3. The third-order valence-electron chi connectivity index (χ3n) is 4.78. The third-order valence-corrected chi connectivity index (χ3v) is 5.94. The van der Waals surface area contributed by atoms with Gasteiger partial charge in [-0.1, -0.05) is 11.6 Å². The average Bonchev–Trinajstić information content (AvgIpc) is 3.10. The van der Waals surface area contributed by atoms with Crippen molar-refractivity contribution in [3.8, 4) is 11.5 Å². The molecule has 9 nitrogen and oxygen atoms in total. The number of benzene rings is 2. The molecule has 0 saturated carbocycles. The summed E-state index contributed by atoms with van der Waals surface area (Å²) in [6.07, 6.45) is 1.42. The Bertz CT molecular complexity index is 1200. The number of hydrogen-bond acceptors (Lipinski definition) is 8. The van der Waals surface area contributed by atoms with E-state index in [0.717, 1.165) is 12.0 Å². The van der Waals surface area contributed by atoms with Gasteiger partial charge in [0, 0.05) is 5.69 Å². The monoisotopic (exact) mass is 522 g/mol. The highest BCUT2D eigenvalue weighted by Crippen LogP contribution is 2.39. The zero-order chi connectivity index (χ0) is 25.7. The molecule has 1 heterocycles. The van der Waals surface area contributed by atoms with E-state index in [4.69, 9.17) is 21.1 Å². The lowest BCUT2D eigenvalue weighted by Crippen LogP contribution is -2.42. The summed E-state index contributed by atoms with van der Waals surface area (Å²) in [6.45, 7) is 0.987. The number of nitrogens with zero attached hydrogens (tertiary/aromatic N) is 1. The first-order valence-corrected chi connectivity index (χ1v) is 11.2. The number of carbonyl (C=O) groups excluding carboxylic acids is 4. The molecule has 0 bridgehead atoms. The van der Waals surface area contributed by atoms with Gasteiger partial charge in [0.2, 0.25) is 0 Å². The number of methoxy groups -OCH3 is 2. The van der Waals surface area contributed by atoms with Crippen LogP contribution < -0.4 is 14.8 Å². The lowest BCUT2D eigenvalue weighted by Gasteiger charge is -2.18. The van der Waals surface area contributed by atoms with Crippen molar-refractivity contribution < 1.29 is 37.8 Å². The molecule has 0 aliphatic carbocycles. The Hall–Kier alpha value is -3.57. The SMILES string of the molecule is COC(=O)[C@H](C)N1C(=O)S/C(=C/c2cc(Cl)c(OCC(=O)Nc3ccc(F)cc3)c(OC)c2)C1=O. The van der Waals surface area contributed by atoms with Gasteiger partial charge in [-0.25, -0.2) is 9.18 Å². The highest BCUT2D eigenvalue weighted by atomic mass is 35.5. The summed E-state index contributed by atoms with van der Waals surface area (Å²) in [7, 11) is 2.53. The van der Waals surface area contributed by atoms with Crippen LogP contribution >= 0.6 is 23.4 Å². The van der Waals surface area contributed by atoms with E-state index >= 15 is 0 Å². The number of thioether (sulfide) groups is 1. The van der Waals surface area contributed by atoms with Crippen LogP contribution in [0.15, 0.2) is 41.3 Å². The highest BCUT2D eigenvalue weighted by Gasteiger charge is 2.41. The summed E-state index contributed by atoms with van der Waals surface area (Å²) in [5.74, 6) is -2.03. The molecule has 1 aliphatic rings. The van der Waals surface area contributed by atoms with Crippen molar-refractivity contribution in [3.05, 3.63) is 57.7 Å². The fourth-order valence-corrected chi connectivity index (χ4v) is 4.25. The number of imide groups is 1. The van der Waals surface area contributed by atoms with Crippen molar-refractivity contribution in [3.63, 3.8) is 0 Å². The van der Waals surface area contributed by atoms with Gasteiger partial charge in [0.1, 0.15) is 11.9 Å². The molecule has 35 heavy (non-hydrogen) atoms. The number of anilines is 1. The second-order valence-electron chi connectivity index (χ2n) is 7.13. The Morgan fingerprint density at radius 1 is 1.20 bits per heavy atom. The lowest BCUT2D eigenvalue weighted by atomic mass is 10.1. The van der Waals surface area contributed by atoms with Crippen molar-refractivity contribution in [1.82, 2.24) is 4.90 Å². The first-order valence-electron chi connectivity index (χ1n) is 10.0. The minimum absolute atomic E-state index is 0.0798. The normalized spacial score (nSPS) is 15.2. The Balaban J connectivity index is 1.75. The predicted octanol–water partition coefficient (Wildman–Crippen LogP) is 4.10. The number of nitrogens with one attached hydrogen (secondary N) is 1. The Morgan fingerprint density at radius 3 is 2.51 bits per heavy atom. The summed E-state index contributed by atoms with van der Waals surface area (Å²) in [6, 6.07) is 7.13. The van der Waals surface area contributed by atoms with E-state index in [2.05, 4.69) is 10.1 Å². The molecule has 0 radical (unpaired) electrons. The summed E-state index contributed by atoms with van der Waals surface area (Å²) in [4.78, 5) is 49.8. The van der Waals surface area contributed by atoms with Crippen LogP contribution in [0.2, 0.25) is 5.02 Å². The second-order valence-corrected chi connectivity index (χ2v) is 8.53. The Kier molecular flexibility index (Phi) is 8.36. The number of esters is 1. The zero-order valence-electron chi connectivity index (χ0n) is 18.8. The van der Waals surface area contributed by atoms with Gasteiger partial charge in [0.15, 0.2) is 18.1 Å². The largest absolute Gasteiger partial charge is 0.493 e. The van der Waals surface area contributed by atoms with Crippen LogP contribution in [0.5, 0.6) is 11.5 Å². The predicted molar refractivity (Wildman–Crippen MR) is 128 cm³/mol. The van der Waals surface area contributed by atoms with E-state index in [1.165, 1.54) is 56.5 Å². The van der Waals surface area contributed by atoms with Crippen LogP contribution in [0.4, 0.5) is 14.9 Å². The maximum Gasteiger partial charge on any atom is 0.328 e. The second kappa shape index (κ2) is 11.2. The van der Waals surface area contributed by atoms with Gasteiger partial charge in [-0.05, 0) is 66.7 Å². The third kappa shape index (κ3) is 6.11. The van der Waals surface area contributed by atoms with Crippen molar-refractivity contribution in [2.24, 2.45) is 0 Å². The van der Waals surface area contributed by atoms with Crippen molar-refractivity contribution in [2.75, 3.05) is 26.1 Å². The van der Waals surface area contributed by atoms with Gasteiger partial charge in [-0.2, -0.15) is 0 Å². The highest BCUT2D eigenvalue weighted by molar-refractivity contribution is 8.18. The van der Waals surface area contributed by atoms with Gasteiger partial charge in [0.25, 0.3) is 17.1 Å². The summed E-state index contributed by atoms with van der Waals surface area (Å²) in [5.41, 5.74) is 0.815. The lowest BCUT2D eigenvalue weighted by molar-refractivity contribution is -0.148. The van der Waals surface area contributed by atoms with Gasteiger partial charge in [-0.3, -0.25) is 19.3 Å². The van der Waals surface area contributed by atoms with E-state index in [1.54, 1.807) is 0 Å².